The van der Waals surface area contributed by atoms with E-state index in [9.17, 15) is 14.4 Å². The van der Waals surface area contributed by atoms with Crippen LogP contribution in [-0.4, -0.2) is 25.4 Å². The summed E-state index contributed by atoms with van der Waals surface area (Å²) < 4.78 is 1.37. The summed E-state index contributed by atoms with van der Waals surface area (Å²) in [5, 5.41) is 3.47. The maximum atomic E-state index is 13.2. The lowest BCUT2D eigenvalue weighted by atomic mass is 10.0. The third kappa shape index (κ3) is 4.07. The van der Waals surface area contributed by atoms with Crippen molar-refractivity contribution in [1.29, 1.82) is 0 Å². The number of H-pyrrole nitrogens is 1. The van der Waals surface area contributed by atoms with Crippen LogP contribution in [0.2, 0.25) is 0 Å². The molecule has 0 saturated heterocycles. The highest BCUT2D eigenvalue weighted by atomic mass is 32.1. The van der Waals surface area contributed by atoms with Crippen LogP contribution in [0.4, 0.5) is 5.13 Å². The van der Waals surface area contributed by atoms with Crippen LogP contribution in [0.5, 0.6) is 0 Å². The molecule has 0 unspecified atom stereocenters. The molecule has 160 valence electrons. The van der Waals surface area contributed by atoms with Gasteiger partial charge in [-0.3, -0.25) is 24.5 Å². The summed E-state index contributed by atoms with van der Waals surface area (Å²) in [4.78, 5) is 50.6. The normalized spacial score (nSPS) is 11.4. The Bertz CT molecular complexity index is 1210. The SMILES string of the molecule is CCCc1nc(NC(=O)c2cc(C(C)C)nc3c2c(=O)[nH]c(=O)n3CC)sc1CC. The zero-order valence-corrected chi connectivity index (χ0v) is 18.8. The molecule has 3 aromatic rings. The number of thiazole rings is 1. The predicted octanol–water partition coefficient (Wildman–Crippen LogP) is 3.45. The lowest BCUT2D eigenvalue weighted by Gasteiger charge is -2.13. The smallest absolute Gasteiger partial charge is 0.298 e. The second-order valence-corrected chi connectivity index (χ2v) is 8.48. The van der Waals surface area contributed by atoms with Crippen molar-refractivity contribution >= 4 is 33.4 Å². The Morgan fingerprint density at radius 1 is 1.23 bits per heavy atom. The highest BCUT2D eigenvalue weighted by molar-refractivity contribution is 7.15. The molecule has 0 aliphatic carbocycles. The third-order valence-electron chi connectivity index (χ3n) is 4.93. The topological polar surface area (TPSA) is 110 Å². The Kier molecular flexibility index (Phi) is 6.50. The fourth-order valence-corrected chi connectivity index (χ4v) is 4.31. The van der Waals surface area contributed by atoms with Crippen LogP contribution in [0.1, 0.15) is 73.6 Å². The fraction of sp³-hybridized carbons (Fsp3) is 0.476. The number of carbonyl (C=O) groups excluding carboxylic acids is 1. The molecule has 0 radical (unpaired) electrons. The highest BCUT2D eigenvalue weighted by Gasteiger charge is 2.21. The van der Waals surface area contributed by atoms with Crippen molar-refractivity contribution < 1.29 is 4.79 Å². The van der Waals surface area contributed by atoms with Gasteiger partial charge in [0.05, 0.1) is 16.6 Å². The Labute approximate surface area is 178 Å². The van der Waals surface area contributed by atoms with E-state index in [4.69, 9.17) is 0 Å². The fourth-order valence-electron chi connectivity index (χ4n) is 3.37. The van der Waals surface area contributed by atoms with Gasteiger partial charge in [-0.1, -0.05) is 34.1 Å². The molecule has 0 aliphatic heterocycles. The first-order valence-electron chi connectivity index (χ1n) is 10.3. The summed E-state index contributed by atoms with van der Waals surface area (Å²) in [5.74, 6) is -0.418. The van der Waals surface area contributed by atoms with E-state index in [0.717, 1.165) is 29.8 Å². The first-order chi connectivity index (χ1) is 14.3. The minimum Gasteiger partial charge on any atom is -0.298 e. The molecule has 3 aromatic heterocycles. The Balaban J connectivity index is 2.16. The number of pyridine rings is 1. The van der Waals surface area contributed by atoms with E-state index in [-0.39, 0.29) is 22.5 Å². The van der Waals surface area contributed by atoms with Crippen LogP contribution < -0.4 is 16.6 Å². The number of amides is 1. The lowest BCUT2D eigenvalue weighted by Crippen LogP contribution is -2.32. The molecular formula is C21H27N5O3S. The largest absolute Gasteiger partial charge is 0.329 e. The van der Waals surface area contributed by atoms with Crippen LogP contribution in [0, 0.1) is 0 Å². The van der Waals surface area contributed by atoms with Crippen LogP contribution in [0.25, 0.3) is 11.0 Å². The molecule has 0 aromatic carbocycles. The molecule has 0 saturated carbocycles. The third-order valence-corrected chi connectivity index (χ3v) is 6.08. The van der Waals surface area contributed by atoms with Crippen LogP contribution >= 0.6 is 11.3 Å². The monoisotopic (exact) mass is 429 g/mol. The maximum absolute atomic E-state index is 13.2. The van der Waals surface area contributed by atoms with Gasteiger partial charge in [0.1, 0.15) is 0 Å². The minimum absolute atomic E-state index is 0.0170. The van der Waals surface area contributed by atoms with Crippen molar-refractivity contribution in [1.82, 2.24) is 19.5 Å². The molecule has 3 rings (SSSR count). The van der Waals surface area contributed by atoms with Gasteiger partial charge in [-0.05, 0) is 31.7 Å². The standard InChI is InChI=1S/C21H27N5O3S/c1-6-9-13-15(7-2)30-20(23-13)24-18(27)12-10-14(11(4)5)22-17-16(12)19(28)25-21(29)26(17)8-3/h10-11H,6-9H2,1-5H3,(H,23,24,27)(H,25,28,29). The zero-order valence-electron chi connectivity index (χ0n) is 18.0. The number of nitrogens with one attached hydrogen (secondary N) is 2. The van der Waals surface area contributed by atoms with Gasteiger partial charge >= 0.3 is 5.69 Å². The van der Waals surface area contributed by atoms with E-state index in [1.165, 1.54) is 15.9 Å². The number of fused-ring (bicyclic) bond motifs is 1. The number of aryl methyl sites for hydroxylation is 3. The molecule has 0 aliphatic rings. The van der Waals surface area contributed by atoms with E-state index in [1.807, 2.05) is 13.8 Å². The number of anilines is 1. The van der Waals surface area contributed by atoms with Crippen molar-refractivity contribution in [2.75, 3.05) is 5.32 Å². The Morgan fingerprint density at radius 2 is 1.97 bits per heavy atom. The van der Waals surface area contributed by atoms with Gasteiger partial charge < -0.3 is 0 Å². The van der Waals surface area contributed by atoms with Crippen molar-refractivity contribution in [3.63, 3.8) is 0 Å². The Hall–Kier alpha value is -2.81. The summed E-state index contributed by atoms with van der Waals surface area (Å²) >= 11 is 1.45. The van der Waals surface area contributed by atoms with Crippen molar-refractivity contribution in [2.24, 2.45) is 0 Å². The molecule has 0 bridgehead atoms. The van der Waals surface area contributed by atoms with E-state index in [0.29, 0.717) is 17.4 Å². The number of hydrogen-bond donors (Lipinski definition) is 2. The highest BCUT2D eigenvalue weighted by Crippen LogP contribution is 2.26. The molecule has 1 amide bonds. The number of carbonyl (C=O) groups is 1. The van der Waals surface area contributed by atoms with Gasteiger partial charge in [-0.15, -0.1) is 11.3 Å². The molecule has 0 spiro atoms. The van der Waals surface area contributed by atoms with Gasteiger partial charge in [0.15, 0.2) is 10.8 Å². The average Bonchev–Trinajstić information content (AvgIpc) is 3.08. The van der Waals surface area contributed by atoms with Crippen LogP contribution in [0.15, 0.2) is 15.7 Å². The number of hydrogen-bond acceptors (Lipinski definition) is 6. The number of aromatic nitrogens is 4. The Morgan fingerprint density at radius 3 is 2.57 bits per heavy atom. The van der Waals surface area contributed by atoms with Gasteiger partial charge in [-0.25, -0.2) is 14.8 Å². The maximum Gasteiger partial charge on any atom is 0.329 e. The molecule has 0 fully saturated rings. The second kappa shape index (κ2) is 8.91. The number of rotatable bonds is 7. The van der Waals surface area contributed by atoms with E-state index >= 15 is 0 Å². The van der Waals surface area contributed by atoms with Gasteiger partial charge in [0.2, 0.25) is 0 Å². The minimum atomic E-state index is -0.618. The summed E-state index contributed by atoms with van der Waals surface area (Å²) in [6.45, 7) is 10.2. The molecule has 30 heavy (non-hydrogen) atoms. The quantitative estimate of drug-likeness (QED) is 0.598. The number of aromatic amines is 1. The summed E-state index contributed by atoms with van der Waals surface area (Å²) in [7, 11) is 0. The molecule has 8 nitrogen and oxygen atoms in total. The summed E-state index contributed by atoms with van der Waals surface area (Å²) in [5.41, 5.74) is 0.902. The summed E-state index contributed by atoms with van der Waals surface area (Å²) in [6, 6.07) is 1.63. The first kappa shape index (κ1) is 21.9. The van der Waals surface area contributed by atoms with E-state index in [2.05, 4.69) is 34.1 Å². The van der Waals surface area contributed by atoms with Gasteiger partial charge in [-0.2, -0.15) is 0 Å². The van der Waals surface area contributed by atoms with E-state index < -0.39 is 17.2 Å². The molecule has 3 heterocycles. The molecular weight excluding hydrogens is 402 g/mol. The number of nitrogens with zero attached hydrogens (tertiary/aromatic N) is 3. The van der Waals surface area contributed by atoms with Crippen molar-refractivity contribution in [3.05, 3.63) is 48.7 Å². The summed E-state index contributed by atoms with van der Waals surface area (Å²) in [6.07, 6.45) is 2.68. The van der Waals surface area contributed by atoms with Gasteiger partial charge in [0, 0.05) is 17.1 Å². The van der Waals surface area contributed by atoms with Crippen LogP contribution in [-0.2, 0) is 19.4 Å². The first-order valence-corrected chi connectivity index (χ1v) is 11.1. The molecule has 0 atom stereocenters. The zero-order chi connectivity index (χ0) is 22.0. The molecule has 9 heteroatoms. The second-order valence-electron chi connectivity index (χ2n) is 7.40. The molecule has 2 N–H and O–H groups in total. The van der Waals surface area contributed by atoms with Crippen molar-refractivity contribution in [2.45, 2.75) is 66.3 Å². The van der Waals surface area contributed by atoms with Crippen LogP contribution in [0.3, 0.4) is 0 Å². The predicted molar refractivity (Wildman–Crippen MR) is 120 cm³/mol. The average molecular weight is 430 g/mol. The van der Waals surface area contributed by atoms with Crippen molar-refractivity contribution in [3.8, 4) is 0 Å². The lowest BCUT2D eigenvalue weighted by molar-refractivity contribution is 0.102. The van der Waals surface area contributed by atoms with Gasteiger partial charge in [0.25, 0.3) is 11.5 Å². The van der Waals surface area contributed by atoms with E-state index in [1.54, 1.807) is 13.0 Å².